The number of aromatic nitrogens is 3. The third kappa shape index (κ3) is 2.37. The number of benzene rings is 1. The van der Waals surface area contributed by atoms with E-state index in [0.29, 0.717) is 13.0 Å². The van der Waals surface area contributed by atoms with Crippen LogP contribution >= 0.6 is 0 Å². The molecule has 1 aliphatic rings. The molecule has 1 N–H and O–H groups in total. The summed E-state index contributed by atoms with van der Waals surface area (Å²) in [5.74, 6) is 0.0976. The Morgan fingerprint density at radius 3 is 2.83 bits per heavy atom. The number of aliphatic hydroxyl groups is 1. The first-order valence-corrected chi connectivity index (χ1v) is 7.56. The fourth-order valence-electron chi connectivity index (χ4n) is 3.01. The predicted molar refractivity (Wildman–Crippen MR) is 86.0 cm³/mol. The van der Waals surface area contributed by atoms with Crippen molar-refractivity contribution >= 4 is 17.2 Å². The van der Waals surface area contributed by atoms with Crippen LogP contribution < -0.4 is 4.90 Å². The number of carbonyl (C=O) groups excluding carboxylic acids is 1. The Morgan fingerprint density at radius 2 is 2.09 bits per heavy atom. The third-order valence-electron chi connectivity index (χ3n) is 4.23. The summed E-state index contributed by atoms with van der Waals surface area (Å²) in [5, 5.41) is 13.5. The lowest BCUT2D eigenvalue weighted by molar-refractivity contribution is -0.117. The van der Waals surface area contributed by atoms with Crippen molar-refractivity contribution in [2.24, 2.45) is 5.92 Å². The monoisotopic (exact) mass is 308 g/mol. The van der Waals surface area contributed by atoms with Crippen molar-refractivity contribution in [1.82, 2.24) is 14.6 Å². The first kappa shape index (κ1) is 13.9. The van der Waals surface area contributed by atoms with E-state index >= 15 is 0 Å². The number of rotatable bonds is 3. The smallest absolute Gasteiger partial charge is 0.227 e. The lowest BCUT2D eigenvalue weighted by atomic mass is 10.1. The van der Waals surface area contributed by atoms with E-state index in [1.807, 2.05) is 36.5 Å². The summed E-state index contributed by atoms with van der Waals surface area (Å²) in [4.78, 5) is 18.1. The highest BCUT2D eigenvalue weighted by Crippen LogP contribution is 2.29. The van der Waals surface area contributed by atoms with Crippen molar-refractivity contribution < 1.29 is 9.90 Å². The molecule has 0 radical (unpaired) electrons. The molecule has 1 aromatic carbocycles. The number of aliphatic hydroxyl groups excluding tert-OH is 1. The zero-order chi connectivity index (χ0) is 15.8. The van der Waals surface area contributed by atoms with Crippen LogP contribution in [0, 0.1) is 5.92 Å². The Hall–Kier alpha value is -2.73. The lowest BCUT2D eigenvalue weighted by Gasteiger charge is -2.16. The van der Waals surface area contributed by atoms with Crippen LogP contribution in [0.25, 0.3) is 16.8 Å². The van der Waals surface area contributed by atoms with Gasteiger partial charge in [-0.05, 0) is 23.8 Å². The number of anilines is 1. The van der Waals surface area contributed by atoms with E-state index in [1.54, 1.807) is 21.8 Å². The lowest BCUT2D eigenvalue weighted by Crippen LogP contribution is -2.24. The topological polar surface area (TPSA) is 70.7 Å². The maximum Gasteiger partial charge on any atom is 0.227 e. The van der Waals surface area contributed by atoms with E-state index in [-0.39, 0.29) is 18.4 Å². The number of hydrogen-bond acceptors (Lipinski definition) is 4. The molecule has 1 fully saturated rings. The van der Waals surface area contributed by atoms with E-state index in [9.17, 15) is 9.90 Å². The van der Waals surface area contributed by atoms with Crippen molar-refractivity contribution in [3.63, 3.8) is 0 Å². The number of nitrogens with zero attached hydrogens (tertiary/aromatic N) is 4. The summed E-state index contributed by atoms with van der Waals surface area (Å²) in [5.41, 5.74) is 3.63. The molecule has 1 unspecified atom stereocenters. The second-order valence-electron chi connectivity index (χ2n) is 5.75. The van der Waals surface area contributed by atoms with Gasteiger partial charge in [0.25, 0.3) is 0 Å². The second kappa shape index (κ2) is 5.48. The molecule has 116 valence electrons. The molecule has 2 aromatic heterocycles. The second-order valence-corrected chi connectivity index (χ2v) is 5.75. The summed E-state index contributed by atoms with van der Waals surface area (Å²) < 4.78 is 1.74. The van der Waals surface area contributed by atoms with Crippen LogP contribution in [-0.4, -0.2) is 38.8 Å². The van der Waals surface area contributed by atoms with Crippen LogP contribution in [0.3, 0.4) is 0 Å². The third-order valence-corrected chi connectivity index (χ3v) is 4.23. The average Bonchev–Trinajstić information content (AvgIpc) is 3.18. The van der Waals surface area contributed by atoms with Gasteiger partial charge in [0.05, 0.1) is 6.20 Å². The molecule has 6 heteroatoms. The molecule has 6 nitrogen and oxygen atoms in total. The Labute approximate surface area is 133 Å². The molecule has 0 spiro atoms. The SMILES string of the molecule is O=C1CC(CO)CN1c1ccc(-c2cnn3cccnc23)cc1. The summed E-state index contributed by atoms with van der Waals surface area (Å²) in [6.07, 6.45) is 5.81. The number of hydrogen-bond donors (Lipinski definition) is 1. The Morgan fingerprint density at radius 1 is 1.26 bits per heavy atom. The minimum Gasteiger partial charge on any atom is -0.396 e. The highest BCUT2D eigenvalue weighted by molar-refractivity contribution is 5.96. The van der Waals surface area contributed by atoms with Gasteiger partial charge < -0.3 is 10.0 Å². The highest BCUT2D eigenvalue weighted by atomic mass is 16.3. The summed E-state index contributed by atoms with van der Waals surface area (Å²) >= 11 is 0. The minimum absolute atomic E-state index is 0.0333. The van der Waals surface area contributed by atoms with Gasteiger partial charge in [-0.1, -0.05) is 12.1 Å². The number of fused-ring (bicyclic) bond motifs is 1. The molecule has 1 amide bonds. The van der Waals surface area contributed by atoms with E-state index in [0.717, 1.165) is 22.5 Å². The predicted octanol–water partition coefficient (Wildman–Crippen LogP) is 1.74. The van der Waals surface area contributed by atoms with Crippen molar-refractivity contribution in [3.8, 4) is 11.1 Å². The normalized spacial score (nSPS) is 18.0. The zero-order valence-electron chi connectivity index (χ0n) is 12.5. The van der Waals surface area contributed by atoms with Crippen molar-refractivity contribution in [2.45, 2.75) is 6.42 Å². The summed E-state index contributed by atoms with van der Waals surface area (Å²) in [6.45, 7) is 0.626. The van der Waals surface area contributed by atoms with Crippen LogP contribution in [0.1, 0.15) is 6.42 Å². The van der Waals surface area contributed by atoms with Crippen LogP contribution in [-0.2, 0) is 4.79 Å². The van der Waals surface area contributed by atoms with E-state index in [4.69, 9.17) is 0 Å². The molecule has 4 rings (SSSR count). The largest absolute Gasteiger partial charge is 0.396 e. The van der Waals surface area contributed by atoms with Gasteiger partial charge in [-0.15, -0.1) is 0 Å². The zero-order valence-corrected chi connectivity index (χ0v) is 12.5. The molecule has 3 aromatic rings. The molecule has 0 bridgehead atoms. The molecule has 0 aliphatic carbocycles. The molecular formula is C17H16N4O2. The van der Waals surface area contributed by atoms with Gasteiger partial charge in [-0.2, -0.15) is 5.10 Å². The molecule has 1 atom stereocenters. The molecular weight excluding hydrogens is 292 g/mol. The number of amides is 1. The van der Waals surface area contributed by atoms with E-state index < -0.39 is 0 Å². The van der Waals surface area contributed by atoms with Crippen LogP contribution in [0.4, 0.5) is 5.69 Å². The Kier molecular flexibility index (Phi) is 3.31. The van der Waals surface area contributed by atoms with Crippen molar-refractivity contribution in [2.75, 3.05) is 18.1 Å². The van der Waals surface area contributed by atoms with E-state index in [2.05, 4.69) is 10.1 Å². The maximum atomic E-state index is 12.0. The molecule has 1 aliphatic heterocycles. The summed E-state index contributed by atoms with van der Waals surface area (Å²) in [7, 11) is 0. The van der Waals surface area contributed by atoms with Gasteiger partial charge >= 0.3 is 0 Å². The van der Waals surface area contributed by atoms with Gasteiger partial charge in [0.15, 0.2) is 5.65 Å². The first-order chi connectivity index (χ1) is 11.3. The number of carbonyl (C=O) groups is 1. The van der Waals surface area contributed by atoms with Gasteiger partial charge in [0, 0.05) is 49.1 Å². The molecule has 3 heterocycles. The summed E-state index contributed by atoms with van der Waals surface area (Å²) in [6, 6.07) is 9.64. The quantitative estimate of drug-likeness (QED) is 0.800. The molecule has 0 saturated carbocycles. The standard InChI is InChI=1S/C17H16N4O2/c22-11-12-8-16(23)20(10-12)14-4-2-13(3-5-14)15-9-19-21-7-1-6-18-17(15)21/h1-7,9,12,22H,8,10-11H2. The average molecular weight is 308 g/mol. The molecule has 23 heavy (non-hydrogen) atoms. The van der Waals surface area contributed by atoms with Gasteiger partial charge in [0.2, 0.25) is 5.91 Å². The van der Waals surface area contributed by atoms with Gasteiger partial charge in [0.1, 0.15) is 0 Å². The fourth-order valence-corrected chi connectivity index (χ4v) is 3.01. The van der Waals surface area contributed by atoms with E-state index in [1.165, 1.54) is 0 Å². The van der Waals surface area contributed by atoms with Crippen molar-refractivity contribution in [1.29, 1.82) is 0 Å². The fraction of sp³-hybridized carbons (Fsp3) is 0.235. The molecule has 1 saturated heterocycles. The first-order valence-electron chi connectivity index (χ1n) is 7.56. The van der Waals surface area contributed by atoms with Crippen LogP contribution in [0.5, 0.6) is 0 Å². The van der Waals surface area contributed by atoms with Crippen LogP contribution in [0.2, 0.25) is 0 Å². The highest BCUT2D eigenvalue weighted by Gasteiger charge is 2.29. The van der Waals surface area contributed by atoms with Crippen molar-refractivity contribution in [3.05, 3.63) is 48.9 Å². The van der Waals surface area contributed by atoms with Gasteiger partial charge in [-0.25, -0.2) is 9.50 Å². The minimum atomic E-state index is 0.0333. The maximum absolute atomic E-state index is 12.0. The van der Waals surface area contributed by atoms with Crippen LogP contribution in [0.15, 0.2) is 48.9 Å². The Balaban J connectivity index is 1.65. The Bertz CT molecular complexity index is 856. The van der Waals surface area contributed by atoms with Gasteiger partial charge in [-0.3, -0.25) is 4.79 Å².